The van der Waals surface area contributed by atoms with Crippen molar-refractivity contribution >= 4 is 38.9 Å². The Labute approximate surface area is 155 Å². The molecule has 9 heteroatoms. The fraction of sp³-hybridized carbons (Fsp3) is 0.250. The van der Waals surface area contributed by atoms with Gasteiger partial charge in [-0.3, -0.25) is 4.79 Å². The Bertz CT molecular complexity index is 901. The van der Waals surface area contributed by atoms with E-state index in [9.17, 15) is 13.2 Å². The fourth-order valence-electron chi connectivity index (χ4n) is 2.03. The molecule has 0 spiro atoms. The molecule has 0 saturated heterocycles. The van der Waals surface area contributed by atoms with Gasteiger partial charge in [0.25, 0.3) is 0 Å². The maximum Gasteiger partial charge on any atom is 0.241 e. The third kappa shape index (κ3) is 5.03. The Morgan fingerprint density at radius 2 is 1.84 bits per heavy atom. The molecular formula is C16H16ClN3O3S2. The molecule has 0 aliphatic rings. The summed E-state index contributed by atoms with van der Waals surface area (Å²) >= 11 is 7.22. The molecule has 0 bridgehead atoms. The van der Waals surface area contributed by atoms with E-state index in [0.29, 0.717) is 9.90 Å². The third-order valence-corrected chi connectivity index (χ3v) is 6.37. The van der Waals surface area contributed by atoms with Crippen molar-refractivity contribution in [2.45, 2.75) is 30.8 Å². The van der Waals surface area contributed by atoms with Crippen LogP contribution in [0.15, 0.2) is 41.3 Å². The van der Waals surface area contributed by atoms with E-state index in [1.54, 1.807) is 13.0 Å². The van der Waals surface area contributed by atoms with Crippen molar-refractivity contribution in [3.05, 3.63) is 51.2 Å². The summed E-state index contributed by atoms with van der Waals surface area (Å²) in [6.45, 7) is 3.26. The number of hydrogen-bond acceptors (Lipinski definition) is 5. The Balaban J connectivity index is 2.02. The van der Waals surface area contributed by atoms with E-state index in [4.69, 9.17) is 16.9 Å². The quantitative estimate of drug-likeness (QED) is 0.782. The molecule has 6 nitrogen and oxygen atoms in total. The zero-order chi connectivity index (χ0) is 18.6. The number of sulfonamides is 1. The Morgan fingerprint density at radius 1 is 1.20 bits per heavy atom. The predicted molar refractivity (Wildman–Crippen MR) is 96.8 cm³/mol. The topological polar surface area (TPSA) is 99.1 Å². The normalized spacial score (nSPS) is 13.7. The van der Waals surface area contributed by atoms with Gasteiger partial charge in [0, 0.05) is 4.88 Å². The highest BCUT2D eigenvalue weighted by Crippen LogP contribution is 2.26. The lowest BCUT2D eigenvalue weighted by molar-refractivity contribution is -0.122. The summed E-state index contributed by atoms with van der Waals surface area (Å²) in [5.74, 6) is -0.450. The summed E-state index contributed by atoms with van der Waals surface area (Å²) in [4.78, 5) is 13.1. The summed E-state index contributed by atoms with van der Waals surface area (Å²) < 4.78 is 27.6. The first kappa shape index (κ1) is 19.4. The first-order valence-electron chi connectivity index (χ1n) is 7.31. The molecule has 0 unspecified atom stereocenters. The minimum absolute atomic E-state index is 0.00997. The summed E-state index contributed by atoms with van der Waals surface area (Å²) in [5.41, 5.74) is 0.355. The molecular weight excluding hydrogens is 382 g/mol. The number of nitrogens with one attached hydrogen (secondary N) is 2. The molecule has 2 N–H and O–H groups in total. The molecule has 2 rings (SSSR count). The van der Waals surface area contributed by atoms with Crippen LogP contribution < -0.4 is 10.0 Å². The Kier molecular flexibility index (Phi) is 6.19. The van der Waals surface area contributed by atoms with Crippen LogP contribution in [0.2, 0.25) is 4.34 Å². The van der Waals surface area contributed by atoms with Gasteiger partial charge in [0.15, 0.2) is 0 Å². The molecule has 1 aromatic carbocycles. The van der Waals surface area contributed by atoms with Gasteiger partial charge in [-0.1, -0.05) is 11.6 Å². The number of thiophene rings is 1. The van der Waals surface area contributed by atoms with Crippen molar-refractivity contribution in [2.75, 3.05) is 0 Å². The van der Waals surface area contributed by atoms with Gasteiger partial charge in [-0.2, -0.15) is 9.98 Å². The number of carbonyl (C=O) groups is 1. The molecule has 25 heavy (non-hydrogen) atoms. The highest BCUT2D eigenvalue weighted by atomic mass is 35.5. The maximum absolute atomic E-state index is 12.3. The van der Waals surface area contributed by atoms with Gasteiger partial charge >= 0.3 is 0 Å². The van der Waals surface area contributed by atoms with Crippen LogP contribution in [-0.4, -0.2) is 20.4 Å². The lowest BCUT2D eigenvalue weighted by Gasteiger charge is -2.18. The van der Waals surface area contributed by atoms with Gasteiger partial charge in [-0.15, -0.1) is 11.3 Å². The Morgan fingerprint density at radius 3 is 2.36 bits per heavy atom. The molecule has 1 heterocycles. The zero-order valence-electron chi connectivity index (χ0n) is 13.5. The highest BCUT2D eigenvalue weighted by Gasteiger charge is 2.23. The van der Waals surface area contributed by atoms with Crippen molar-refractivity contribution in [1.29, 1.82) is 5.26 Å². The van der Waals surface area contributed by atoms with E-state index >= 15 is 0 Å². The van der Waals surface area contributed by atoms with Crippen LogP contribution >= 0.6 is 22.9 Å². The number of halogens is 1. The molecule has 2 aromatic rings. The highest BCUT2D eigenvalue weighted by molar-refractivity contribution is 7.89. The molecule has 0 aliphatic carbocycles. The molecule has 1 amide bonds. The number of rotatable bonds is 6. The monoisotopic (exact) mass is 397 g/mol. The van der Waals surface area contributed by atoms with E-state index in [-0.39, 0.29) is 10.9 Å². The fourth-order valence-corrected chi connectivity index (χ4v) is 4.30. The number of carbonyl (C=O) groups excluding carboxylic acids is 1. The van der Waals surface area contributed by atoms with Crippen molar-refractivity contribution in [3.8, 4) is 6.07 Å². The largest absolute Gasteiger partial charge is 0.347 e. The van der Waals surface area contributed by atoms with E-state index < -0.39 is 22.0 Å². The van der Waals surface area contributed by atoms with Gasteiger partial charge in [-0.25, -0.2) is 8.42 Å². The van der Waals surface area contributed by atoms with Gasteiger partial charge in [0.1, 0.15) is 0 Å². The van der Waals surface area contributed by atoms with Crippen LogP contribution in [0.5, 0.6) is 0 Å². The maximum atomic E-state index is 12.3. The Hall–Kier alpha value is -1.92. The smallest absolute Gasteiger partial charge is 0.241 e. The van der Waals surface area contributed by atoms with Crippen molar-refractivity contribution < 1.29 is 13.2 Å². The second-order valence-electron chi connectivity index (χ2n) is 5.35. The third-order valence-electron chi connectivity index (χ3n) is 3.40. The molecule has 0 radical (unpaired) electrons. The van der Waals surface area contributed by atoms with E-state index in [0.717, 1.165) is 4.88 Å². The first-order valence-corrected chi connectivity index (χ1v) is 9.99. The van der Waals surface area contributed by atoms with Crippen molar-refractivity contribution in [2.24, 2.45) is 0 Å². The van der Waals surface area contributed by atoms with Gasteiger partial charge in [0.2, 0.25) is 15.9 Å². The van der Waals surface area contributed by atoms with Crippen LogP contribution in [0, 0.1) is 11.3 Å². The molecule has 0 aliphatic heterocycles. The number of hydrogen-bond donors (Lipinski definition) is 2. The minimum Gasteiger partial charge on any atom is -0.347 e. The number of benzene rings is 1. The van der Waals surface area contributed by atoms with Gasteiger partial charge < -0.3 is 5.32 Å². The van der Waals surface area contributed by atoms with E-state index in [1.165, 1.54) is 42.5 Å². The predicted octanol–water partition coefficient (Wildman–Crippen LogP) is 2.82. The lowest BCUT2D eigenvalue weighted by Crippen LogP contribution is -2.45. The first-order chi connectivity index (χ1) is 11.7. The van der Waals surface area contributed by atoms with Crippen molar-refractivity contribution in [1.82, 2.24) is 10.0 Å². The second kappa shape index (κ2) is 7.97. The summed E-state index contributed by atoms with van der Waals surface area (Å²) in [6.07, 6.45) is 0. The molecule has 2 atom stereocenters. The van der Waals surface area contributed by atoms with Crippen LogP contribution in [0.4, 0.5) is 0 Å². The molecule has 1 aromatic heterocycles. The minimum atomic E-state index is -3.86. The second-order valence-corrected chi connectivity index (χ2v) is 8.81. The number of amides is 1. The van der Waals surface area contributed by atoms with Gasteiger partial charge in [-0.05, 0) is 50.2 Å². The summed E-state index contributed by atoms with van der Waals surface area (Å²) in [7, 11) is -3.86. The van der Waals surface area contributed by atoms with Crippen LogP contribution in [0.3, 0.4) is 0 Å². The summed E-state index contributed by atoms with van der Waals surface area (Å²) in [5, 5.41) is 11.5. The number of nitrogens with zero attached hydrogens (tertiary/aromatic N) is 1. The van der Waals surface area contributed by atoms with Gasteiger partial charge in [0.05, 0.1) is 32.9 Å². The average molecular weight is 398 g/mol. The van der Waals surface area contributed by atoms with E-state index in [1.807, 2.05) is 12.1 Å². The van der Waals surface area contributed by atoms with Crippen molar-refractivity contribution in [3.63, 3.8) is 0 Å². The SMILES string of the molecule is C[C@H](NS(=O)(=O)c1ccc(C#N)cc1)C(=O)N[C@H](C)c1ccc(Cl)s1. The molecule has 0 fully saturated rings. The van der Waals surface area contributed by atoms with Crippen LogP contribution in [0.25, 0.3) is 0 Å². The standard InChI is InChI=1S/C16H16ClN3O3S2/c1-10(14-7-8-15(17)24-14)19-16(21)11(2)20-25(22,23)13-5-3-12(9-18)4-6-13/h3-8,10-11,20H,1-2H3,(H,19,21)/t10-,11+/m1/s1. The van der Waals surface area contributed by atoms with E-state index in [2.05, 4.69) is 10.0 Å². The molecule has 0 saturated carbocycles. The van der Waals surface area contributed by atoms with Crippen LogP contribution in [-0.2, 0) is 14.8 Å². The number of nitriles is 1. The summed E-state index contributed by atoms with van der Waals surface area (Å²) in [6, 6.07) is 9.67. The lowest BCUT2D eigenvalue weighted by atomic mass is 10.2. The average Bonchev–Trinajstić information content (AvgIpc) is 3.01. The zero-order valence-corrected chi connectivity index (χ0v) is 15.9. The molecule has 132 valence electrons. The van der Waals surface area contributed by atoms with Crippen LogP contribution in [0.1, 0.15) is 30.3 Å².